The zero-order valence-electron chi connectivity index (χ0n) is 17.8. The molecule has 4 rings (SSSR count). The molecule has 0 bridgehead atoms. The van der Waals surface area contributed by atoms with Crippen molar-refractivity contribution in [2.24, 2.45) is 9.98 Å². The van der Waals surface area contributed by atoms with E-state index in [2.05, 4.69) is 35.5 Å². The second-order valence-corrected chi connectivity index (χ2v) is 7.08. The average molecular weight is 441 g/mol. The van der Waals surface area contributed by atoms with Crippen molar-refractivity contribution in [3.05, 3.63) is 78.4 Å². The molecule has 3 aromatic rings. The number of morpholine rings is 1. The van der Waals surface area contributed by atoms with Crippen molar-refractivity contribution in [1.29, 1.82) is 10.7 Å². The Balaban J connectivity index is 1.53. The zero-order valence-corrected chi connectivity index (χ0v) is 17.8. The number of hydrogen-bond donors (Lipinski definition) is 4. The van der Waals surface area contributed by atoms with Gasteiger partial charge in [0, 0.05) is 31.0 Å². The van der Waals surface area contributed by atoms with Crippen molar-refractivity contribution < 1.29 is 4.74 Å². The normalized spacial score (nSPS) is 14.5. The number of pyridine rings is 1. The summed E-state index contributed by atoms with van der Waals surface area (Å²) in [6.07, 6.45) is 7.01. The van der Waals surface area contributed by atoms with Crippen LogP contribution in [0.1, 0.15) is 11.3 Å². The van der Waals surface area contributed by atoms with Gasteiger partial charge in [-0.15, -0.1) is 0 Å². The fraction of sp³-hybridized carbons (Fsp3) is 0.174. The second-order valence-electron chi connectivity index (χ2n) is 7.08. The number of aromatic amines is 1. The van der Waals surface area contributed by atoms with E-state index in [1.807, 2.05) is 30.6 Å². The van der Waals surface area contributed by atoms with Crippen LogP contribution in [0.3, 0.4) is 0 Å². The van der Waals surface area contributed by atoms with Crippen LogP contribution in [0.15, 0.2) is 77.1 Å². The quantitative estimate of drug-likeness (QED) is 0.213. The van der Waals surface area contributed by atoms with Crippen LogP contribution in [0, 0.1) is 16.9 Å². The summed E-state index contributed by atoms with van der Waals surface area (Å²) >= 11 is 0. The molecule has 1 aromatic carbocycles. The standard InChI is InChI=1S/C23H23N9O/c24-16-28-23(30-19-3-1-9-26-15-19)29-18-7-5-17(6-8-18)21(25)31-22(20-4-2-10-27-20)32-11-13-33-14-12-32/h1-10,15,25,27H,11-14H2,(H2,28,29,30). The summed E-state index contributed by atoms with van der Waals surface area (Å²) in [5, 5.41) is 23.1. The zero-order chi connectivity index (χ0) is 22.9. The summed E-state index contributed by atoms with van der Waals surface area (Å²) < 4.78 is 5.45. The number of hydrogen-bond acceptors (Lipinski definition) is 5. The molecule has 1 saturated heterocycles. The largest absolute Gasteiger partial charge is 0.378 e. The Morgan fingerprint density at radius 1 is 1.15 bits per heavy atom. The first-order valence-corrected chi connectivity index (χ1v) is 10.4. The van der Waals surface area contributed by atoms with Crippen LogP contribution in [0.2, 0.25) is 0 Å². The van der Waals surface area contributed by atoms with Crippen molar-refractivity contribution in [2.75, 3.05) is 31.6 Å². The molecule has 0 saturated carbocycles. The van der Waals surface area contributed by atoms with Gasteiger partial charge in [-0.1, -0.05) is 0 Å². The van der Waals surface area contributed by atoms with Gasteiger partial charge in [-0.05, 0) is 48.5 Å². The van der Waals surface area contributed by atoms with E-state index in [0.29, 0.717) is 30.2 Å². The number of anilines is 1. The van der Waals surface area contributed by atoms with Gasteiger partial charge in [0.05, 0.1) is 36.5 Å². The third-order valence-corrected chi connectivity index (χ3v) is 4.85. The lowest BCUT2D eigenvalue weighted by atomic mass is 10.2. The van der Waals surface area contributed by atoms with Crippen molar-refractivity contribution in [3.63, 3.8) is 0 Å². The van der Waals surface area contributed by atoms with Crippen LogP contribution < -0.4 is 10.6 Å². The third-order valence-electron chi connectivity index (χ3n) is 4.85. The van der Waals surface area contributed by atoms with E-state index in [1.54, 1.807) is 42.7 Å². The number of aliphatic imine (C=N–C) groups is 2. The third kappa shape index (κ3) is 5.81. The molecule has 4 N–H and O–H groups in total. The second kappa shape index (κ2) is 10.7. The van der Waals surface area contributed by atoms with Gasteiger partial charge in [-0.25, -0.2) is 9.98 Å². The number of nitrogens with zero attached hydrogens (tertiary/aromatic N) is 5. The molecule has 10 heteroatoms. The number of H-pyrrole nitrogens is 1. The number of rotatable bonds is 4. The van der Waals surface area contributed by atoms with E-state index in [4.69, 9.17) is 15.4 Å². The molecule has 0 aliphatic carbocycles. The van der Waals surface area contributed by atoms with E-state index in [0.717, 1.165) is 24.6 Å². The van der Waals surface area contributed by atoms with Gasteiger partial charge in [0.2, 0.25) is 5.96 Å². The van der Waals surface area contributed by atoms with Crippen LogP contribution in [0.25, 0.3) is 0 Å². The first kappa shape index (κ1) is 21.7. The summed E-state index contributed by atoms with van der Waals surface area (Å²) in [6.45, 7) is 2.70. The van der Waals surface area contributed by atoms with Crippen LogP contribution in [-0.4, -0.2) is 58.8 Å². The summed E-state index contributed by atoms with van der Waals surface area (Å²) in [5.41, 5.74) is 2.83. The molecule has 0 atom stereocenters. The lowest BCUT2D eigenvalue weighted by molar-refractivity contribution is 0.0682. The van der Waals surface area contributed by atoms with Crippen molar-refractivity contribution in [3.8, 4) is 6.19 Å². The van der Waals surface area contributed by atoms with E-state index < -0.39 is 0 Å². The van der Waals surface area contributed by atoms with Crippen LogP contribution in [-0.2, 0) is 4.74 Å². The fourth-order valence-corrected chi connectivity index (χ4v) is 3.25. The highest BCUT2D eigenvalue weighted by Gasteiger charge is 2.18. The molecule has 1 fully saturated rings. The number of benzene rings is 1. The molecular formula is C23H23N9O. The minimum absolute atomic E-state index is 0.144. The Hall–Kier alpha value is -4.49. The Kier molecular flexibility index (Phi) is 7.05. The number of guanidine groups is 1. The van der Waals surface area contributed by atoms with Gasteiger partial charge in [-0.2, -0.15) is 5.26 Å². The molecule has 166 valence electrons. The van der Waals surface area contributed by atoms with Crippen molar-refractivity contribution in [2.45, 2.75) is 0 Å². The highest BCUT2D eigenvalue weighted by molar-refractivity contribution is 6.09. The van der Waals surface area contributed by atoms with Gasteiger partial charge in [0.25, 0.3) is 0 Å². The summed E-state index contributed by atoms with van der Waals surface area (Å²) in [6, 6.07) is 14.6. The van der Waals surface area contributed by atoms with Crippen LogP contribution >= 0.6 is 0 Å². The minimum atomic E-state index is 0.144. The van der Waals surface area contributed by atoms with Gasteiger partial charge >= 0.3 is 0 Å². The Bertz CT molecular complexity index is 1160. The van der Waals surface area contributed by atoms with E-state index in [9.17, 15) is 0 Å². The maximum atomic E-state index is 9.02. The Morgan fingerprint density at radius 3 is 2.64 bits per heavy atom. The topological polar surface area (TPSA) is 138 Å². The van der Waals surface area contributed by atoms with E-state index in [-0.39, 0.29) is 11.8 Å². The first-order chi connectivity index (χ1) is 16.2. The maximum absolute atomic E-state index is 9.02. The SMILES string of the molecule is N#CNC(=Nc1ccc(C(=N)N=C(c2ccc[nH]2)N2CCOCC2)cc1)Nc1cccnc1. The van der Waals surface area contributed by atoms with Gasteiger partial charge in [0.1, 0.15) is 0 Å². The molecule has 2 aromatic heterocycles. The van der Waals surface area contributed by atoms with Crippen LogP contribution in [0.4, 0.5) is 11.4 Å². The average Bonchev–Trinajstić information content (AvgIpc) is 3.39. The highest BCUT2D eigenvalue weighted by Crippen LogP contribution is 2.16. The molecule has 10 nitrogen and oxygen atoms in total. The van der Waals surface area contributed by atoms with Gasteiger partial charge < -0.3 is 19.9 Å². The number of amidine groups is 2. The summed E-state index contributed by atoms with van der Waals surface area (Å²) in [5.74, 6) is 1.13. The molecular weight excluding hydrogens is 418 g/mol. The van der Waals surface area contributed by atoms with Gasteiger partial charge in [0.15, 0.2) is 17.9 Å². The number of nitrogens with one attached hydrogen (secondary N) is 4. The van der Waals surface area contributed by atoms with Crippen molar-refractivity contribution >= 4 is 29.0 Å². The monoisotopic (exact) mass is 441 g/mol. The van der Waals surface area contributed by atoms with Crippen molar-refractivity contribution in [1.82, 2.24) is 20.2 Å². The smallest absolute Gasteiger partial charge is 0.214 e. The maximum Gasteiger partial charge on any atom is 0.214 e. The molecule has 0 radical (unpaired) electrons. The molecule has 1 aliphatic heterocycles. The number of nitriles is 1. The molecule has 1 aliphatic rings. The first-order valence-electron chi connectivity index (χ1n) is 10.4. The minimum Gasteiger partial charge on any atom is -0.378 e. The fourth-order valence-electron chi connectivity index (χ4n) is 3.25. The van der Waals surface area contributed by atoms with Crippen LogP contribution in [0.5, 0.6) is 0 Å². The molecule has 33 heavy (non-hydrogen) atoms. The van der Waals surface area contributed by atoms with E-state index in [1.165, 1.54) is 0 Å². The number of aromatic nitrogens is 2. The van der Waals surface area contributed by atoms with E-state index >= 15 is 0 Å². The molecule has 0 amide bonds. The molecule has 0 unspecified atom stereocenters. The molecule has 3 heterocycles. The lowest BCUT2D eigenvalue weighted by Gasteiger charge is -2.29. The Morgan fingerprint density at radius 2 is 1.97 bits per heavy atom. The Labute approximate surface area is 191 Å². The summed E-state index contributed by atoms with van der Waals surface area (Å²) in [4.78, 5) is 18.4. The lowest BCUT2D eigenvalue weighted by Crippen LogP contribution is -2.41. The predicted octanol–water partition coefficient (Wildman–Crippen LogP) is 2.68. The highest BCUT2D eigenvalue weighted by atomic mass is 16.5. The summed E-state index contributed by atoms with van der Waals surface area (Å²) in [7, 11) is 0. The predicted molar refractivity (Wildman–Crippen MR) is 127 cm³/mol. The van der Waals surface area contributed by atoms with Gasteiger partial charge in [-0.3, -0.25) is 15.7 Å². The molecule has 0 spiro atoms. The number of ether oxygens (including phenoxy) is 1.